The van der Waals surface area contributed by atoms with Crippen LogP contribution >= 0.6 is 0 Å². The number of carbonyl (C=O) groups is 1. The Morgan fingerprint density at radius 2 is 2.00 bits per heavy atom. The van der Waals surface area contributed by atoms with Crippen LogP contribution in [0.2, 0.25) is 0 Å². The second-order valence-electron chi connectivity index (χ2n) is 4.27. The van der Waals surface area contributed by atoms with Crippen LogP contribution in [0.25, 0.3) is 0 Å². The van der Waals surface area contributed by atoms with Gasteiger partial charge in [-0.15, -0.1) is 0 Å². The van der Waals surface area contributed by atoms with Gasteiger partial charge in [0.25, 0.3) is 0 Å². The first kappa shape index (κ1) is 9.16. The van der Waals surface area contributed by atoms with Crippen molar-refractivity contribution in [2.24, 2.45) is 11.3 Å². The Hall–Kier alpha value is -0.410. The standard InChI is InChI=1S/C10H16O3/c11-7-10(3-1-2-4-10)8-5-13-6-9(8)12/h7-9,12H,1-6H2. The van der Waals surface area contributed by atoms with Gasteiger partial charge in [-0.25, -0.2) is 0 Å². The van der Waals surface area contributed by atoms with Crippen molar-refractivity contribution in [2.45, 2.75) is 31.8 Å². The molecule has 0 bridgehead atoms. The Balaban J connectivity index is 2.15. The number of ether oxygens (including phenoxy) is 1. The first-order valence-electron chi connectivity index (χ1n) is 5.01. The summed E-state index contributed by atoms with van der Waals surface area (Å²) in [6.45, 7) is 0.958. The molecule has 1 saturated carbocycles. The highest BCUT2D eigenvalue weighted by molar-refractivity contribution is 5.61. The SMILES string of the molecule is O=CC1(C2COCC2O)CCCC1. The first-order chi connectivity index (χ1) is 6.28. The number of hydrogen-bond acceptors (Lipinski definition) is 3. The van der Waals surface area contributed by atoms with Gasteiger partial charge >= 0.3 is 0 Å². The van der Waals surface area contributed by atoms with E-state index < -0.39 is 6.10 Å². The zero-order chi connectivity index (χ0) is 9.31. The average molecular weight is 184 g/mol. The summed E-state index contributed by atoms with van der Waals surface area (Å²) in [6.07, 6.45) is 4.72. The van der Waals surface area contributed by atoms with Crippen LogP contribution in [-0.4, -0.2) is 30.7 Å². The maximum absolute atomic E-state index is 11.1. The Kier molecular flexibility index (Phi) is 2.39. The maximum atomic E-state index is 11.1. The largest absolute Gasteiger partial charge is 0.390 e. The highest BCUT2D eigenvalue weighted by atomic mass is 16.5. The van der Waals surface area contributed by atoms with Gasteiger partial charge in [-0.2, -0.15) is 0 Å². The third-order valence-corrected chi connectivity index (χ3v) is 3.56. The molecule has 0 radical (unpaired) electrons. The summed E-state index contributed by atoms with van der Waals surface area (Å²) in [5, 5.41) is 9.66. The van der Waals surface area contributed by atoms with Gasteiger partial charge in [-0.1, -0.05) is 12.8 Å². The number of aldehydes is 1. The summed E-state index contributed by atoms with van der Waals surface area (Å²) in [6, 6.07) is 0. The summed E-state index contributed by atoms with van der Waals surface area (Å²) in [7, 11) is 0. The third-order valence-electron chi connectivity index (χ3n) is 3.56. The maximum Gasteiger partial charge on any atom is 0.126 e. The molecule has 0 aromatic carbocycles. The van der Waals surface area contributed by atoms with Gasteiger partial charge in [0, 0.05) is 11.3 Å². The molecule has 1 heterocycles. The van der Waals surface area contributed by atoms with E-state index in [9.17, 15) is 9.90 Å². The lowest BCUT2D eigenvalue weighted by Gasteiger charge is -2.30. The fourth-order valence-electron chi connectivity index (χ4n) is 2.70. The Morgan fingerprint density at radius 3 is 2.46 bits per heavy atom. The zero-order valence-electron chi connectivity index (χ0n) is 7.74. The quantitative estimate of drug-likeness (QED) is 0.644. The fourth-order valence-corrected chi connectivity index (χ4v) is 2.70. The molecular weight excluding hydrogens is 168 g/mol. The smallest absolute Gasteiger partial charge is 0.126 e. The van der Waals surface area contributed by atoms with Crippen LogP contribution in [-0.2, 0) is 9.53 Å². The van der Waals surface area contributed by atoms with Crippen molar-refractivity contribution in [3.63, 3.8) is 0 Å². The topological polar surface area (TPSA) is 46.5 Å². The molecule has 2 fully saturated rings. The van der Waals surface area contributed by atoms with Crippen molar-refractivity contribution in [1.29, 1.82) is 0 Å². The van der Waals surface area contributed by atoms with E-state index in [1.54, 1.807) is 0 Å². The van der Waals surface area contributed by atoms with Crippen LogP contribution in [0.5, 0.6) is 0 Å². The minimum Gasteiger partial charge on any atom is -0.390 e. The number of aliphatic hydroxyl groups excluding tert-OH is 1. The minimum absolute atomic E-state index is 0.0486. The third kappa shape index (κ3) is 1.40. The number of rotatable bonds is 2. The van der Waals surface area contributed by atoms with Crippen molar-refractivity contribution in [1.82, 2.24) is 0 Å². The molecule has 2 rings (SSSR count). The molecule has 0 aromatic rings. The van der Waals surface area contributed by atoms with E-state index in [1.165, 1.54) is 0 Å². The van der Waals surface area contributed by atoms with E-state index in [4.69, 9.17) is 4.74 Å². The van der Waals surface area contributed by atoms with E-state index in [0.717, 1.165) is 32.0 Å². The predicted molar refractivity (Wildman–Crippen MR) is 47.3 cm³/mol. The summed E-state index contributed by atoms with van der Waals surface area (Å²) in [5.74, 6) is 0.0486. The lowest BCUT2D eigenvalue weighted by atomic mass is 9.73. The summed E-state index contributed by atoms with van der Waals surface area (Å²) < 4.78 is 5.20. The number of carbonyl (C=O) groups excluding carboxylic acids is 1. The second kappa shape index (κ2) is 3.39. The van der Waals surface area contributed by atoms with Gasteiger partial charge < -0.3 is 14.6 Å². The van der Waals surface area contributed by atoms with Gasteiger partial charge in [-0.05, 0) is 12.8 Å². The van der Waals surface area contributed by atoms with Crippen LogP contribution in [0.3, 0.4) is 0 Å². The molecule has 0 aromatic heterocycles. The minimum atomic E-state index is -0.428. The van der Waals surface area contributed by atoms with E-state index in [1.807, 2.05) is 0 Å². The van der Waals surface area contributed by atoms with E-state index in [0.29, 0.717) is 13.2 Å². The van der Waals surface area contributed by atoms with Crippen molar-refractivity contribution in [3.8, 4) is 0 Å². The van der Waals surface area contributed by atoms with Crippen LogP contribution in [0, 0.1) is 11.3 Å². The van der Waals surface area contributed by atoms with Crippen molar-refractivity contribution < 1.29 is 14.6 Å². The molecular formula is C10H16O3. The Labute approximate surface area is 78.1 Å². The Bertz CT molecular complexity index is 196. The molecule has 1 N–H and O–H groups in total. The van der Waals surface area contributed by atoms with Gasteiger partial charge in [0.2, 0.25) is 0 Å². The van der Waals surface area contributed by atoms with Crippen LogP contribution in [0.1, 0.15) is 25.7 Å². The lowest BCUT2D eigenvalue weighted by molar-refractivity contribution is -0.120. The second-order valence-corrected chi connectivity index (χ2v) is 4.27. The first-order valence-corrected chi connectivity index (χ1v) is 5.01. The monoisotopic (exact) mass is 184 g/mol. The summed E-state index contributed by atoms with van der Waals surface area (Å²) in [5.41, 5.74) is -0.268. The molecule has 2 atom stereocenters. The molecule has 3 nitrogen and oxygen atoms in total. The Morgan fingerprint density at radius 1 is 1.31 bits per heavy atom. The lowest BCUT2D eigenvalue weighted by Crippen LogP contribution is -2.36. The van der Waals surface area contributed by atoms with Gasteiger partial charge in [0.1, 0.15) is 6.29 Å². The van der Waals surface area contributed by atoms with Gasteiger partial charge in [0.05, 0.1) is 19.3 Å². The van der Waals surface area contributed by atoms with Crippen molar-refractivity contribution >= 4 is 6.29 Å². The molecule has 74 valence electrons. The zero-order valence-corrected chi connectivity index (χ0v) is 7.74. The fraction of sp³-hybridized carbons (Fsp3) is 0.900. The molecule has 2 unspecified atom stereocenters. The molecule has 13 heavy (non-hydrogen) atoms. The molecule has 3 heteroatoms. The molecule has 1 aliphatic carbocycles. The van der Waals surface area contributed by atoms with Crippen LogP contribution in [0.4, 0.5) is 0 Å². The highest BCUT2D eigenvalue weighted by Crippen LogP contribution is 2.45. The predicted octanol–water partition coefficient (Wildman–Crippen LogP) is 0.753. The normalized spacial score (nSPS) is 37.9. The summed E-state index contributed by atoms with van der Waals surface area (Å²) >= 11 is 0. The van der Waals surface area contributed by atoms with E-state index in [2.05, 4.69) is 0 Å². The molecule has 0 amide bonds. The molecule has 0 spiro atoms. The van der Waals surface area contributed by atoms with E-state index >= 15 is 0 Å². The van der Waals surface area contributed by atoms with Crippen molar-refractivity contribution in [2.75, 3.05) is 13.2 Å². The van der Waals surface area contributed by atoms with Crippen LogP contribution < -0.4 is 0 Å². The number of hydrogen-bond donors (Lipinski definition) is 1. The van der Waals surface area contributed by atoms with Gasteiger partial charge in [0.15, 0.2) is 0 Å². The number of aliphatic hydroxyl groups is 1. The molecule has 1 aliphatic heterocycles. The van der Waals surface area contributed by atoms with Crippen LogP contribution in [0.15, 0.2) is 0 Å². The average Bonchev–Trinajstić information content (AvgIpc) is 2.73. The summed E-state index contributed by atoms with van der Waals surface area (Å²) in [4.78, 5) is 11.1. The highest BCUT2D eigenvalue weighted by Gasteiger charge is 2.46. The van der Waals surface area contributed by atoms with Crippen molar-refractivity contribution in [3.05, 3.63) is 0 Å². The molecule has 2 aliphatic rings. The van der Waals surface area contributed by atoms with Gasteiger partial charge in [-0.3, -0.25) is 0 Å². The van der Waals surface area contributed by atoms with E-state index in [-0.39, 0.29) is 11.3 Å². The molecule has 1 saturated heterocycles.